The highest BCUT2D eigenvalue weighted by atomic mass is 19.1. The molecule has 9 nitrogen and oxygen atoms in total. The second-order valence-electron chi connectivity index (χ2n) is 8.66. The van der Waals surface area contributed by atoms with Crippen molar-refractivity contribution < 1.29 is 33.0 Å². The Morgan fingerprint density at radius 1 is 1.08 bits per heavy atom. The van der Waals surface area contributed by atoms with Gasteiger partial charge in [0.05, 0.1) is 32.6 Å². The third-order valence-electron chi connectivity index (χ3n) is 6.21. The number of carbonyl (C=O) groups excluding carboxylic acids is 1. The number of oxime groups is 1. The number of methoxy groups -OCH3 is 2. The molecule has 1 atom stereocenters. The monoisotopic (exact) mass is 519 g/mol. The van der Waals surface area contributed by atoms with Gasteiger partial charge in [-0.15, -0.1) is 0 Å². The smallest absolute Gasteiger partial charge is 0.244 e. The molecular weight excluding hydrogens is 493 g/mol. The van der Waals surface area contributed by atoms with Crippen molar-refractivity contribution in [3.63, 3.8) is 0 Å². The van der Waals surface area contributed by atoms with Crippen molar-refractivity contribution in [2.45, 2.75) is 25.4 Å². The van der Waals surface area contributed by atoms with E-state index in [0.717, 1.165) is 11.1 Å². The lowest BCUT2D eigenvalue weighted by molar-refractivity contribution is -0.120. The molecule has 0 aromatic heterocycles. The van der Waals surface area contributed by atoms with Crippen LogP contribution in [-0.2, 0) is 22.5 Å². The topological polar surface area (TPSA) is 100.0 Å². The van der Waals surface area contributed by atoms with Crippen LogP contribution in [0.25, 0.3) is 0 Å². The summed E-state index contributed by atoms with van der Waals surface area (Å²) in [5.74, 6) is 1.07. The van der Waals surface area contributed by atoms with Gasteiger partial charge >= 0.3 is 0 Å². The largest absolute Gasteiger partial charge is 0.492 e. The second-order valence-corrected chi connectivity index (χ2v) is 8.66. The summed E-state index contributed by atoms with van der Waals surface area (Å²) in [6, 6.07) is 15.5. The second kappa shape index (κ2) is 11.2. The fourth-order valence-corrected chi connectivity index (χ4v) is 4.46. The molecule has 0 saturated heterocycles. The van der Waals surface area contributed by atoms with Crippen LogP contribution in [-0.4, -0.2) is 44.9 Å². The lowest BCUT2D eigenvalue weighted by Crippen LogP contribution is -2.20. The number of hydrogen-bond acceptors (Lipinski definition) is 8. The minimum absolute atomic E-state index is 0.00759. The molecule has 38 heavy (non-hydrogen) atoms. The molecule has 0 radical (unpaired) electrons. The first-order valence-electron chi connectivity index (χ1n) is 12.0. The molecule has 10 heteroatoms. The lowest BCUT2D eigenvalue weighted by atomic mass is 9.95. The Bertz CT molecular complexity index is 1380. The lowest BCUT2D eigenvalue weighted by Gasteiger charge is -2.19. The summed E-state index contributed by atoms with van der Waals surface area (Å²) in [4.78, 5) is 18.2. The zero-order chi connectivity index (χ0) is 26.5. The van der Waals surface area contributed by atoms with Gasteiger partial charge in [0.2, 0.25) is 24.2 Å². The predicted octanol–water partition coefficient (Wildman–Crippen LogP) is 4.00. The van der Waals surface area contributed by atoms with E-state index in [4.69, 9.17) is 23.8 Å². The minimum Gasteiger partial charge on any atom is -0.492 e. The van der Waals surface area contributed by atoms with Crippen molar-refractivity contribution in [2.75, 3.05) is 21.0 Å². The van der Waals surface area contributed by atoms with Crippen molar-refractivity contribution in [1.82, 2.24) is 5.43 Å². The molecule has 196 valence electrons. The molecule has 0 spiro atoms. The summed E-state index contributed by atoms with van der Waals surface area (Å²) in [7, 11) is 3.05. The van der Waals surface area contributed by atoms with E-state index in [-0.39, 0.29) is 31.0 Å². The van der Waals surface area contributed by atoms with Gasteiger partial charge in [0.25, 0.3) is 0 Å². The Morgan fingerprint density at radius 2 is 1.79 bits per heavy atom. The molecule has 1 N–H and O–H groups in total. The number of nitrogens with zero attached hydrogens (tertiary/aromatic N) is 2. The number of fused-ring (bicyclic) bond motifs is 1. The van der Waals surface area contributed by atoms with E-state index in [2.05, 4.69) is 15.7 Å². The van der Waals surface area contributed by atoms with Crippen LogP contribution in [0.3, 0.4) is 0 Å². The van der Waals surface area contributed by atoms with Crippen LogP contribution in [0, 0.1) is 5.82 Å². The van der Waals surface area contributed by atoms with E-state index in [0.29, 0.717) is 52.7 Å². The Morgan fingerprint density at radius 3 is 2.50 bits per heavy atom. The van der Waals surface area contributed by atoms with Crippen LogP contribution >= 0.6 is 0 Å². The maximum atomic E-state index is 13.3. The number of carbonyl (C=O) groups is 1. The quantitative estimate of drug-likeness (QED) is 0.339. The van der Waals surface area contributed by atoms with Gasteiger partial charge in [-0.1, -0.05) is 47.6 Å². The Hall–Kier alpha value is -4.60. The van der Waals surface area contributed by atoms with Crippen molar-refractivity contribution >= 4 is 17.8 Å². The molecule has 2 heterocycles. The molecular formula is C28H26FN3O6. The van der Waals surface area contributed by atoms with Gasteiger partial charge in [-0.2, -0.15) is 5.10 Å². The third kappa shape index (κ3) is 5.24. The summed E-state index contributed by atoms with van der Waals surface area (Å²) in [5, 5.41) is 8.41. The van der Waals surface area contributed by atoms with E-state index in [1.54, 1.807) is 12.1 Å². The fourth-order valence-electron chi connectivity index (χ4n) is 4.46. The number of halogens is 1. The predicted molar refractivity (Wildman–Crippen MR) is 138 cm³/mol. The maximum Gasteiger partial charge on any atom is 0.244 e. The van der Waals surface area contributed by atoms with Gasteiger partial charge in [-0.3, -0.25) is 4.79 Å². The first-order valence-corrected chi connectivity index (χ1v) is 12.0. The number of hydrogen-bond donors (Lipinski definition) is 1. The molecule has 1 amide bonds. The average Bonchev–Trinajstić information content (AvgIpc) is 3.60. The zero-order valence-electron chi connectivity index (χ0n) is 20.9. The number of nitrogens with one attached hydrogen (secondary N) is 1. The van der Waals surface area contributed by atoms with Crippen LogP contribution in [0.4, 0.5) is 4.39 Å². The average molecular weight is 520 g/mol. The van der Waals surface area contributed by atoms with Gasteiger partial charge in [0.1, 0.15) is 11.9 Å². The summed E-state index contributed by atoms with van der Waals surface area (Å²) in [6.07, 6.45) is 2.21. The molecule has 0 bridgehead atoms. The van der Waals surface area contributed by atoms with Crippen LogP contribution < -0.4 is 24.4 Å². The molecule has 0 aliphatic carbocycles. The van der Waals surface area contributed by atoms with Crippen LogP contribution in [0.5, 0.6) is 23.0 Å². The maximum absolute atomic E-state index is 13.3. The van der Waals surface area contributed by atoms with Crippen molar-refractivity contribution in [1.29, 1.82) is 0 Å². The number of ether oxygens (including phenoxy) is 4. The summed E-state index contributed by atoms with van der Waals surface area (Å²) in [6.45, 7) is 0.00759. The van der Waals surface area contributed by atoms with Gasteiger partial charge < -0.3 is 23.8 Å². The SMILES string of the molecule is COc1c(/C=N\NC(=O)Cc2ccccc2)c(C[C@@H]2CC(c3ccc(F)cc3)=NO2)c(OC)c2c1OCO2. The van der Waals surface area contributed by atoms with Crippen molar-refractivity contribution in [3.05, 3.63) is 82.7 Å². The van der Waals surface area contributed by atoms with Crippen molar-refractivity contribution in [2.24, 2.45) is 10.3 Å². The van der Waals surface area contributed by atoms with Crippen LogP contribution in [0.1, 0.15) is 28.7 Å². The zero-order valence-corrected chi connectivity index (χ0v) is 20.9. The van der Waals surface area contributed by atoms with E-state index in [9.17, 15) is 9.18 Å². The van der Waals surface area contributed by atoms with Gasteiger partial charge in [-0.25, -0.2) is 9.82 Å². The standard InChI is InChI=1S/C28H26FN3O6/c1-34-25-21(13-20-14-23(32-38-20)18-8-10-19(29)11-9-18)22(26(35-2)28-27(25)36-16-37-28)15-30-31-24(33)12-17-6-4-3-5-7-17/h3-11,15,20H,12-14,16H2,1-2H3,(H,31,33)/b30-15-/t20-/m1/s1. The highest BCUT2D eigenvalue weighted by Crippen LogP contribution is 2.52. The number of amides is 1. The molecule has 2 aliphatic rings. The minimum atomic E-state index is -0.339. The Labute approximate surface area is 218 Å². The van der Waals surface area contributed by atoms with Gasteiger partial charge in [0.15, 0.2) is 11.5 Å². The van der Waals surface area contributed by atoms with E-state index >= 15 is 0 Å². The Balaban J connectivity index is 1.40. The number of benzene rings is 3. The molecule has 3 aromatic carbocycles. The van der Waals surface area contributed by atoms with E-state index < -0.39 is 0 Å². The van der Waals surface area contributed by atoms with E-state index in [1.807, 2.05) is 30.3 Å². The molecule has 0 saturated carbocycles. The van der Waals surface area contributed by atoms with E-state index in [1.165, 1.54) is 32.6 Å². The third-order valence-corrected chi connectivity index (χ3v) is 6.21. The van der Waals surface area contributed by atoms with Gasteiger partial charge in [-0.05, 0) is 23.3 Å². The number of hydrazone groups is 1. The Kier molecular flexibility index (Phi) is 7.39. The molecule has 5 rings (SSSR count). The first kappa shape index (κ1) is 25.1. The van der Waals surface area contributed by atoms with Crippen LogP contribution in [0.2, 0.25) is 0 Å². The normalized spacial score (nSPS) is 15.8. The van der Waals surface area contributed by atoms with Gasteiger partial charge in [0, 0.05) is 24.0 Å². The number of rotatable bonds is 9. The van der Waals surface area contributed by atoms with Crippen LogP contribution in [0.15, 0.2) is 64.9 Å². The highest BCUT2D eigenvalue weighted by Gasteiger charge is 2.33. The summed E-state index contributed by atoms with van der Waals surface area (Å²) in [5.41, 5.74) is 6.18. The van der Waals surface area contributed by atoms with Crippen molar-refractivity contribution in [3.8, 4) is 23.0 Å². The highest BCUT2D eigenvalue weighted by molar-refractivity contribution is 6.01. The fraction of sp³-hybridized carbons (Fsp3) is 0.250. The summed E-state index contributed by atoms with van der Waals surface area (Å²) < 4.78 is 36.1. The molecule has 3 aromatic rings. The molecule has 0 fully saturated rings. The first-order chi connectivity index (χ1) is 18.6. The summed E-state index contributed by atoms with van der Waals surface area (Å²) >= 11 is 0. The molecule has 0 unspecified atom stereocenters. The molecule has 2 aliphatic heterocycles.